The van der Waals surface area contributed by atoms with Gasteiger partial charge < -0.3 is 14.7 Å². The van der Waals surface area contributed by atoms with Crippen molar-refractivity contribution in [3.63, 3.8) is 0 Å². The largest absolute Gasteiger partial charge is 0.347 e. The highest BCUT2D eigenvalue weighted by Crippen LogP contribution is 2.08. The molecule has 112 valence electrons. The number of aromatic nitrogens is 2. The fraction of sp³-hybridized carbons (Fsp3) is 0.643. The van der Waals surface area contributed by atoms with Crippen LogP contribution in [-0.4, -0.2) is 59.5 Å². The molecule has 0 aliphatic heterocycles. The monoisotopic (exact) mass is 279 g/mol. The van der Waals surface area contributed by atoms with Crippen LogP contribution in [0.15, 0.2) is 12.4 Å². The lowest BCUT2D eigenvalue weighted by Crippen LogP contribution is -2.44. The third kappa shape index (κ3) is 4.08. The van der Waals surface area contributed by atoms with Crippen LogP contribution in [0.25, 0.3) is 0 Å². The molecule has 0 radical (unpaired) electrons. The Morgan fingerprint density at radius 3 is 2.15 bits per heavy atom. The molecule has 0 saturated carbocycles. The van der Waals surface area contributed by atoms with Crippen molar-refractivity contribution in [1.29, 1.82) is 0 Å². The summed E-state index contributed by atoms with van der Waals surface area (Å²) in [7, 11) is 5.59. The van der Waals surface area contributed by atoms with Crippen molar-refractivity contribution in [2.75, 3.05) is 32.6 Å². The van der Waals surface area contributed by atoms with Gasteiger partial charge in [-0.1, -0.05) is 0 Å². The molecular formula is C14H25N5O. The van der Waals surface area contributed by atoms with Crippen molar-refractivity contribution in [2.24, 2.45) is 0 Å². The molecule has 0 saturated heterocycles. The summed E-state index contributed by atoms with van der Waals surface area (Å²) in [4.78, 5) is 26.2. The zero-order valence-electron chi connectivity index (χ0n) is 13.3. The minimum Gasteiger partial charge on any atom is -0.347 e. The Hall–Kier alpha value is -1.85. The van der Waals surface area contributed by atoms with Gasteiger partial charge in [-0.15, -0.1) is 0 Å². The molecule has 0 fully saturated rings. The number of urea groups is 1. The molecule has 1 aromatic rings. The summed E-state index contributed by atoms with van der Waals surface area (Å²) in [5, 5.41) is 0. The quantitative estimate of drug-likeness (QED) is 0.825. The van der Waals surface area contributed by atoms with E-state index in [1.807, 2.05) is 44.7 Å². The van der Waals surface area contributed by atoms with Crippen molar-refractivity contribution in [1.82, 2.24) is 19.8 Å². The number of nitrogens with zero attached hydrogens (tertiary/aromatic N) is 5. The maximum absolute atomic E-state index is 12.3. The first-order valence-corrected chi connectivity index (χ1v) is 6.86. The topological polar surface area (TPSA) is 52.6 Å². The van der Waals surface area contributed by atoms with Gasteiger partial charge in [-0.25, -0.2) is 14.8 Å². The van der Waals surface area contributed by atoms with E-state index in [9.17, 15) is 4.79 Å². The van der Waals surface area contributed by atoms with Crippen molar-refractivity contribution in [3.05, 3.63) is 18.0 Å². The summed E-state index contributed by atoms with van der Waals surface area (Å²) < 4.78 is 0. The van der Waals surface area contributed by atoms with Crippen LogP contribution in [0.5, 0.6) is 0 Å². The Morgan fingerprint density at radius 1 is 1.20 bits per heavy atom. The van der Waals surface area contributed by atoms with E-state index < -0.39 is 0 Å². The van der Waals surface area contributed by atoms with Crippen LogP contribution in [0.3, 0.4) is 0 Å². The van der Waals surface area contributed by atoms with E-state index in [0.717, 1.165) is 5.56 Å². The van der Waals surface area contributed by atoms with Crippen LogP contribution >= 0.6 is 0 Å². The van der Waals surface area contributed by atoms with Gasteiger partial charge in [0.05, 0.1) is 6.54 Å². The number of hydrogen-bond donors (Lipinski definition) is 0. The third-order valence-corrected chi connectivity index (χ3v) is 3.05. The molecule has 0 N–H and O–H groups in total. The molecule has 6 heteroatoms. The number of amides is 2. The molecule has 20 heavy (non-hydrogen) atoms. The van der Waals surface area contributed by atoms with Gasteiger partial charge in [0.1, 0.15) is 0 Å². The standard InChI is InChI=1S/C14H25N5O/c1-7-19(11(2)3)14(20)18(6)10-12-8-15-13(16-9-12)17(4)5/h8-9,11H,7,10H2,1-6H3. The maximum atomic E-state index is 12.3. The molecule has 1 aromatic heterocycles. The van der Waals surface area contributed by atoms with E-state index in [1.54, 1.807) is 24.3 Å². The van der Waals surface area contributed by atoms with E-state index in [4.69, 9.17) is 0 Å². The fourth-order valence-corrected chi connectivity index (χ4v) is 1.94. The normalized spacial score (nSPS) is 10.6. The van der Waals surface area contributed by atoms with Crippen molar-refractivity contribution >= 4 is 12.0 Å². The lowest BCUT2D eigenvalue weighted by atomic mass is 10.3. The summed E-state index contributed by atoms with van der Waals surface area (Å²) in [5.74, 6) is 0.667. The summed E-state index contributed by atoms with van der Waals surface area (Å²) in [6.45, 7) is 7.24. The molecule has 0 spiro atoms. The van der Waals surface area contributed by atoms with Gasteiger partial charge in [0.2, 0.25) is 5.95 Å². The van der Waals surface area contributed by atoms with E-state index in [0.29, 0.717) is 19.0 Å². The zero-order valence-corrected chi connectivity index (χ0v) is 13.3. The van der Waals surface area contributed by atoms with Gasteiger partial charge in [0, 0.05) is 51.7 Å². The average molecular weight is 279 g/mol. The molecule has 6 nitrogen and oxygen atoms in total. The number of anilines is 1. The second kappa shape index (κ2) is 7.07. The summed E-state index contributed by atoms with van der Waals surface area (Å²) in [6, 6.07) is 0.224. The Labute approximate surface area is 121 Å². The molecule has 0 bridgehead atoms. The predicted octanol–water partition coefficient (Wildman–Crippen LogP) is 1.82. The molecular weight excluding hydrogens is 254 g/mol. The second-order valence-electron chi connectivity index (χ2n) is 5.30. The first-order valence-electron chi connectivity index (χ1n) is 6.86. The third-order valence-electron chi connectivity index (χ3n) is 3.05. The van der Waals surface area contributed by atoms with E-state index in [2.05, 4.69) is 9.97 Å². The van der Waals surface area contributed by atoms with Gasteiger partial charge in [-0.05, 0) is 20.8 Å². The van der Waals surface area contributed by atoms with Crippen LogP contribution in [0.1, 0.15) is 26.3 Å². The lowest BCUT2D eigenvalue weighted by Gasteiger charge is -2.30. The SMILES string of the molecule is CCN(C(=O)N(C)Cc1cnc(N(C)C)nc1)C(C)C. The van der Waals surface area contributed by atoms with Crippen LogP contribution in [0.2, 0.25) is 0 Å². The number of carbonyl (C=O) groups excluding carboxylic acids is 1. The summed E-state index contributed by atoms with van der Waals surface area (Å²) in [6.07, 6.45) is 3.52. The van der Waals surface area contributed by atoms with Gasteiger partial charge in [0.25, 0.3) is 0 Å². The molecule has 0 unspecified atom stereocenters. The molecule has 1 rings (SSSR count). The second-order valence-corrected chi connectivity index (χ2v) is 5.30. The molecule has 0 aromatic carbocycles. The van der Waals surface area contributed by atoms with Crippen molar-refractivity contribution in [3.8, 4) is 0 Å². The molecule has 1 heterocycles. The Morgan fingerprint density at radius 2 is 1.75 bits per heavy atom. The molecule has 0 aliphatic carbocycles. The van der Waals surface area contributed by atoms with E-state index in [-0.39, 0.29) is 12.1 Å². The molecule has 0 atom stereocenters. The maximum Gasteiger partial charge on any atom is 0.320 e. The molecule has 0 aliphatic rings. The Kier molecular flexibility index (Phi) is 5.73. The molecule has 2 amide bonds. The van der Waals surface area contributed by atoms with Gasteiger partial charge in [-0.3, -0.25) is 0 Å². The van der Waals surface area contributed by atoms with E-state index in [1.165, 1.54) is 0 Å². The first kappa shape index (κ1) is 16.2. The minimum absolute atomic E-state index is 0.0270. The Bertz CT molecular complexity index is 430. The number of hydrogen-bond acceptors (Lipinski definition) is 4. The fourth-order valence-electron chi connectivity index (χ4n) is 1.94. The highest BCUT2D eigenvalue weighted by molar-refractivity contribution is 5.74. The van der Waals surface area contributed by atoms with Crippen LogP contribution in [0.4, 0.5) is 10.7 Å². The van der Waals surface area contributed by atoms with Crippen molar-refractivity contribution < 1.29 is 4.79 Å². The highest BCUT2D eigenvalue weighted by Gasteiger charge is 2.19. The van der Waals surface area contributed by atoms with Gasteiger partial charge >= 0.3 is 6.03 Å². The number of rotatable bonds is 5. The number of carbonyl (C=O) groups is 1. The summed E-state index contributed by atoms with van der Waals surface area (Å²) >= 11 is 0. The smallest absolute Gasteiger partial charge is 0.320 e. The average Bonchev–Trinajstić information content (AvgIpc) is 2.39. The van der Waals surface area contributed by atoms with Crippen molar-refractivity contribution in [2.45, 2.75) is 33.4 Å². The summed E-state index contributed by atoms with van der Waals surface area (Å²) in [5.41, 5.74) is 0.922. The van der Waals surface area contributed by atoms with Crippen LogP contribution in [-0.2, 0) is 6.54 Å². The van der Waals surface area contributed by atoms with Crippen LogP contribution < -0.4 is 4.90 Å². The lowest BCUT2D eigenvalue weighted by molar-refractivity contribution is 0.150. The van der Waals surface area contributed by atoms with Gasteiger partial charge in [-0.2, -0.15) is 0 Å². The minimum atomic E-state index is 0.0270. The first-order chi connectivity index (χ1) is 9.36. The van der Waals surface area contributed by atoms with Gasteiger partial charge in [0.15, 0.2) is 0 Å². The Balaban J connectivity index is 2.70. The van der Waals surface area contributed by atoms with E-state index >= 15 is 0 Å². The zero-order chi connectivity index (χ0) is 15.3. The highest BCUT2D eigenvalue weighted by atomic mass is 16.2. The predicted molar refractivity (Wildman–Crippen MR) is 80.7 cm³/mol. The van der Waals surface area contributed by atoms with Crippen LogP contribution in [0, 0.1) is 0 Å².